The Balaban J connectivity index is 2.16. The number of halogens is 1. The van der Waals surface area contributed by atoms with Crippen molar-refractivity contribution in [1.82, 2.24) is 4.98 Å². The van der Waals surface area contributed by atoms with E-state index in [0.717, 1.165) is 38.9 Å². The third-order valence-electron chi connectivity index (χ3n) is 3.36. The van der Waals surface area contributed by atoms with E-state index in [2.05, 4.69) is 11.1 Å². The second-order valence-electron chi connectivity index (χ2n) is 4.67. The molecule has 0 saturated heterocycles. The van der Waals surface area contributed by atoms with Gasteiger partial charge >= 0.3 is 0 Å². The van der Waals surface area contributed by atoms with E-state index in [9.17, 15) is 0 Å². The van der Waals surface area contributed by atoms with Crippen molar-refractivity contribution >= 4 is 33.4 Å². The maximum absolute atomic E-state index is 6.51. The van der Waals surface area contributed by atoms with Crippen molar-refractivity contribution in [3.8, 4) is 11.5 Å². The first-order chi connectivity index (χ1) is 9.22. The molecule has 1 aromatic heterocycles. The van der Waals surface area contributed by atoms with Gasteiger partial charge in [0.05, 0.1) is 16.1 Å². The van der Waals surface area contributed by atoms with E-state index in [4.69, 9.17) is 21.1 Å². The maximum Gasteiger partial charge on any atom is 0.231 e. The van der Waals surface area contributed by atoms with Crippen LogP contribution in [-0.2, 0) is 0 Å². The van der Waals surface area contributed by atoms with Crippen LogP contribution in [0.15, 0.2) is 30.3 Å². The van der Waals surface area contributed by atoms with Gasteiger partial charge in [0.15, 0.2) is 11.5 Å². The number of nitrogens with zero attached hydrogens (tertiary/aromatic N) is 1. The fourth-order valence-electron chi connectivity index (χ4n) is 2.40. The lowest BCUT2D eigenvalue weighted by Gasteiger charge is -2.07. The average Bonchev–Trinajstić information content (AvgIpc) is 2.85. The van der Waals surface area contributed by atoms with Gasteiger partial charge in [-0.2, -0.15) is 0 Å². The quantitative estimate of drug-likeness (QED) is 0.577. The zero-order chi connectivity index (χ0) is 13.0. The first-order valence-corrected chi connectivity index (χ1v) is 6.39. The van der Waals surface area contributed by atoms with E-state index in [0.29, 0.717) is 5.02 Å². The highest BCUT2D eigenvalue weighted by Gasteiger charge is 2.17. The van der Waals surface area contributed by atoms with Crippen LogP contribution in [0.1, 0.15) is 5.56 Å². The first kappa shape index (κ1) is 10.9. The van der Waals surface area contributed by atoms with Gasteiger partial charge in [-0.25, -0.2) is 4.98 Å². The largest absolute Gasteiger partial charge is 0.454 e. The Labute approximate surface area is 114 Å². The molecular weight excluding hydrogens is 262 g/mol. The number of hydrogen-bond donors (Lipinski definition) is 0. The molecule has 19 heavy (non-hydrogen) atoms. The summed E-state index contributed by atoms with van der Waals surface area (Å²) < 4.78 is 10.8. The van der Waals surface area contributed by atoms with Crippen LogP contribution in [0.4, 0.5) is 0 Å². The second kappa shape index (κ2) is 3.75. The number of pyridine rings is 1. The predicted octanol–water partition coefficient (Wildman–Crippen LogP) is 4.08. The topological polar surface area (TPSA) is 31.4 Å². The molecule has 0 N–H and O–H groups in total. The van der Waals surface area contributed by atoms with Crippen LogP contribution >= 0.6 is 11.6 Å². The Hall–Kier alpha value is -2.00. The summed E-state index contributed by atoms with van der Waals surface area (Å²) >= 11 is 6.51. The van der Waals surface area contributed by atoms with Crippen LogP contribution in [0.2, 0.25) is 5.02 Å². The van der Waals surface area contributed by atoms with Gasteiger partial charge in [0, 0.05) is 16.8 Å². The number of fused-ring (bicyclic) bond motifs is 3. The van der Waals surface area contributed by atoms with Crippen molar-refractivity contribution in [2.24, 2.45) is 0 Å². The standard InChI is InChI=1S/C15H10ClNO2/c1-8-2-3-11-9(4-8)15(16)10-5-13-14(19-7-18-13)6-12(10)17-11/h2-6H,7H2,1H3. The third-order valence-corrected chi connectivity index (χ3v) is 3.76. The normalized spacial score (nSPS) is 13.4. The molecule has 0 saturated carbocycles. The third kappa shape index (κ3) is 1.55. The van der Waals surface area contributed by atoms with Crippen molar-refractivity contribution in [3.05, 3.63) is 40.9 Å². The summed E-state index contributed by atoms with van der Waals surface area (Å²) in [6, 6.07) is 9.84. The zero-order valence-electron chi connectivity index (χ0n) is 10.2. The van der Waals surface area contributed by atoms with Crippen LogP contribution in [-0.4, -0.2) is 11.8 Å². The van der Waals surface area contributed by atoms with Gasteiger partial charge in [0.2, 0.25) is 6.79 Å². The summed E-state index contributed by atoms with van der Waals surface area (Å²) in [5.41, 5.74) is 2.88. The van der Waals surface area contributed by atoms with Crippen molar-refractivity contribution in [3.63, 3.8) is 0 Å². The van der Waals surface area contributed by atoms with Gasteiger partial charge in [-0.15, -0.1) is 0 Å². The number of aryl methyl sites for hydroxylation is 1. The molecule has 4 heteroatoms. The lowest BCUT2D eigenvalue weighted by atomic mass is 10.1. The summed E-state index contributed by atoms with van der Waals surface area (Å²) in [6.07, 6.45) is 0. The van der Waals surface area contributed by atoms with E-state index < -0.39 is 0 Å². The predicted molar refractivity (Wildman–Crippen MR) is 75.1 cm³/mol. The minimum absolute atomic E-state index is 0.252. The van der Waals surface area contributed by atoms with Gasteiger partial charge in [-0.1, -0.05) is 23.2 Å². The van der Waals surface area contributed by atoms with Crippen molar-refractivity contribution in [2.45, 2.75) is 6.92 Å². The van der Waals surface area contributed by atoms with Crippen LogP contribution < -0.4 is 9.47 Å². The lowest BCUT2D eigenvalue weighted by Crippen LogP contribution is -1.92. The molecule has 0 radical (unpaired) electrons. The van der Waals surface area contributed by atoms with E-state index in [1.807, 2.05) is 31.2 Å². The van der Waals surface area contributed by atoms with E-state index in [1.54, 1.807) is 0 Å². The molecule has 0 bridgehead atoms. The van der Waals surface area contributed by atoms with Crippen molar-refractivity contribution in [2.75, 3.05) is 6.79 Å². The van der Waals surface area contributed by atoms with Gasteiger partial charge in [-0.3, -0.25) is 0 Å². The molecule has 1 aliphatic rings. The number of hydrogen-bond acceptors (Lipinski definition) is 3. The summed E-state index contributed by atoms with van der Waals surface area (Å²) in [6.45, 7) is 2.29. The molecule has 0 spiro atoms. The Morgan fingerprint density at radius 3 is 2.58 bits per heavy atom. The summed E-state index contributed by atoms with van der Waals surface area (Å²) in [5, 5.41) is 2.57. The van der Waals surface area contributed by atoms with Crippen LogP contribution in [0.5, 0.6) is 11.5 Å². The highest BCUT2D eigenvalue weighted by Crippen LogP contribution is 2.39. The number of aromatic nitrogens is 1. The van der Waals surface area contributed by atoms with E-state index in [-0.39, 0.29) is 6.79 Å². The molecule has 1 aliphatic heterocycles. The Morgan fingerprint density at radius 2 is 1.74 bits per heavy atom. The molecule has 2 aromatic carbocycles. The monoisotopic (exact) mass is 271 g/mol. The molecule has 3 nitrogen and oxygen atoms in total. The minimum Gasteiger partial charge on any atom is -0.454 e. The second-order valence-corrected chi connectivity index (χ2v) is 5.05. The highest BCUT2D eigenvalue weighted by atomic mass is 35.5. The van der Waals surface area contributed by atoms with Gasteiger partial charge in [0.1, 0.15) is 0 Å². The molecule has 0 atom stereocenters. The molecule has 2 heterocycles. The highest BCUT2D eigenvalue weighted by molar-refractivity contribution is 6.40. The minimum atomic E-state index is 0.252. The van der Waals surface area contributed by atoms with E-state index in [1.165, 1.54) is 0 Å². The Kier molecular flexibility index (Phi) is 2.15. The number of rotatable bonds is 0. The maximum atomic E-state index is 6.51. The van der Waals surface area contributed by atoms with Crippen molar-refractivity contribution < 1.29 is 9.47 Å². The van der Waals surface area contributed by atoms with Crippen LogP contribution in [0, 0.1) is 6.92 Å². The number of benzene rings is 2. The first-order valence-electron chi connectivity index (χ1n) is 6.01. The Morgan fingerprint density at radius 1 is 1.00 bits per heavy atom. The fourth-order valence-corrected chi connectivity index (χ4v) is 2.70. The molecule has 0 unspecified atom stereocenters. The molecule has 0 aliphatic carbocycles. The molecular formula is C15H10ClNO2. The molecule has 0 fully saturated rings. The molecule has 4 rings (SSSR count). The van der Waals surface area contributed by atoms with Crippen LogP contribution in [0.3, 0.4) is 0 Å². The number of ether oxygens (including phenoxy) is 2. The van der Waals surface area contributed by atoms with Crippen LogP contribution in [0.25, 0.3) is 21.8 Å². The van der Waals surface area contributed by atoms with Gasteiger partial charge in [0.25, 0.3) is 0 Å². The smallest absolute Gasteiger partial charge is 0.231 e. The van der Waals surface area contributed by atoms with E-state index >= 15 is 0 Å². The van der Waals surface area contributed by atoms with Gasteiger partial charge < -0.3 is 9.47 Å². The lowest BCUT2D eigenvalue weighted by molar-refractivity contribution is 0.174. The van der Waals surface area contributed by atoms with Gasteiger partial charge in [-0.05, 0) is 25.1 Å². The molecule has 3 aromatic rings. The summed E-state index contributed by atoms with van der Waals surface area (Å²) in [4.78, 5) is 4.64. The fraction of sp³-hybridized carbons (Fsp3) is 0.133. The van der Waals surface area contributed by atoms with Crippen molar-refractivity contribution in [1.29, 1.82) is 0 Å². The molecule has 94 valence electrons. The summed E-state index contributed by atoms with van der Waals surface area (Å²) in [5.74, 6) is 1.45. The SMILES string of the molecule is Cc1ccc2nc3cc4c(cc3c(Cl)c2c1)OCO4. The molecule has 0 amide bonds. The Bertz CT molecular complexity index is 829. The summed E-state index contributed by atoms with van der Waals surface area (Å²) in [7, 11) is 0. The average molecular weight is 272 g/mol. The zero-order valence-corrected chi connectivity index (χ0v) is 11.0.